The molecule has 0 radical (unpaired) electrons. The van der Waals surface area contributed by atoms with Gasteiger partial charge in [-0.1, -0.05) is 12.1 Å². The Balaban J connectivity index is 1.88. The molecule has 1 saturated heterocycles. The highest BCUT2D eigenvalue weighted by Crippen LogP contribution is 2.25. The van der Waals surface area contributed by atoms with Crippen molar-refractivity contribution in [1.29, 1.82) is 0 Å². The summed E-state index contributed by atoms with van der Waals surface area (Å²) in [5.41, 5.74) is 2.42. The van der Waals surface area contributed by atoms with Gasteiger partial charge < -0.3 is 14.6 Å². The molecule has 17 heavy (non-hydrogen) atoms. The molecule has 1 aromatic heterocycles. The van der Waals surface area contributed by atoms with Crippen molar-refractivity contribution in [2.24, 2.45) is 0 Å². The molecule has 1 aliphatic heterocycles. The van der Waals surface area contributed by atoms with E-state index in [4.69, 9.17) is 4.42 Å². The summed E-state index contributed by atoms with van der Waals surface area (Å²) in [4.78, 5) is 2.41. The third kappa shape index (κ3) is 2.19. The third-order valence-electron chi connectivity index (χ3n) is 3.13. The Morgan fingerprint density at radius 1 is 1.06 bits per heavy atom. The van der Waals surface area contributed by atoms with Gasteiger partial charge in [-0.05, 0) is 24.3 Å². The Kier molecular flexibility index (Phi) is 2.84. The van der Waals surface area contributed by atoms with Crippen molar-refractivity contribution in [3.8, 4) is 11.3 Å². The van der Waals surface area contributed by atoms with Crippen LogP contribution >= 0.6 is 0 Å². The molecular weight excluding hydrogens is 212 g/mol. The van der Waals surface area contributed by atoms with E-state index in [-0.39, 0.29) is 0 Å². The second-order valence-corrected chi connectivity index (χ2v) is 4.26. The molecule has 3 nitrogen and oxygen atoms in total. The van der Waals surface area contributed by atoms with E-state index in [9.17, 15) is 0 Å². The van der Waals surface area contributed by atoms with E-state index in [2.05, 4.69) is 34.5 Å². The zero-order valence-electron chi connectivity index (χ0n) is 9.73. The quantitative estimate of drug-likeness (QED) is 0.855. The van der Waals surface area contributed by atoms with Gasteiger partial charge in [-0.25, -0.2) is 0 Å². The van der Waals surface area contributed by atoms with Crippen LogP contribution in [-0.4, -0.2) is 26.2 Å². The number of hydrogen-bond acceptors (Lipinski definition) is 3. The van der Waals surface area contributed by atoms with Crippen molar-refractivity contribution in [2.45, 2.75) is 0 Å². The minimum Gasteiger partial charge on any atom is -0.464 e. The van der Waals surface area contributed by atoms with Crippen LogP contribution in [0.4, 0.5) is 5.69 Å². The first-order valence-electron chi connectivity index (χ1n) is 6.03. The summed E-state index contributed by atoms with van der Waals surface area (Å²) in [6.45, 7) is 4.26. The van der Waals surface area contributed by atoms with Crippen molar-refractivity contribution in [3.05, 3.63) is 42.7 Å². The van der Waals surface area contributed by atoms with Crippen LogP contribution in [0.15, 0.2) is 47.1 Å². The molecule has 0 unspecified atom stereocenters. The molecule has 1 aliphatic rings. The Morgan fingerprint density at radius 2 is 1.94 bits per heavy atom. The molecule has 0 aliphatic carbocycles. The van der Waals surface area contributed by atoms with Gasteiger partial charge in [-0.15, -0.1) is 0 Å². The van der Waals surface area contributed by atoms with E-state index in [1.165, 1.54) is 5.69 Å². The summed E-state index contributed by atoms with van der Waals surface area (Å²) in [5, 5.41) is 3.37. The van der Waals surface area contributed by atoms with Gasteiger partial charge in [0.2, 0.25) is 0 Å². The Labute approximate surface area is 101 Å². The van der Waals surface area contributed by atoms with Crippen LogP contribution in [0.25, 0.3) is 11.3 Å². The second kappa shape index (κ2) is 4.63. The molecule has 1 N–H and O–H groups in total. The van der Waals surface area contributed by atoms with E-state index >= 15 is 0 Å². The molecule has 0 bridgehead atoms. The first-order valence-corrected chi connectivity index (χ1v) is 6.03. The third-order valence-corrected chi connectivity index (χ3v) is 3.13. The van der Waals surface area contributed by atoms with Crippen LogP contribution in [0, 0.1) is 0 Å². The van der Waals surface area contributed by atoms with E-state index in [0.717, 1.165) is 37.5 Å². The van der Waals surface area contributed by atoms with E-state index in [1.54, 1.807) is 6.26 Å². The lowest BCUT2D eigenvalue weighted by atomic mass is 10.1. The maximum Gasteiger partial charge on any atom is 0.133 e. The van der Waals surface area contributed by atoms with Crippen molar-refractivity contribution < 1.29 is 4.42 Å². The molecular formula is C14H16N2O. The topological polar surface area (TPSA) is 28.4 Å². The molecule has 1 fully saturated rings. The van der Waals surface area contributed by atoms with Crippen molar-refractivity contribution >= 4 is 5.69 Å². The first kappa shape index (κ1) is 10.4. The van der Waals surface area contributed by atoms with Crippen molar-refractivity contribution in [3.63, 3.8) is 0 Å². The minimum absolute atomic E-state index is 0.932. The summed E-state index contributed by atoms with van der Waals surface area (Å²) in [6.07, 6.45) is 1.72. The molecule has 1 aromatic carbocycles. The van der Waals surface area contributed by atoms with Gasteiger partial charge in [0.25, 0.3) is 0 Å². The molecule has 0 amide bonds. The van der Waals surface area contributed by atoms with Crippen LogP contribution in [-0.2, 0) is 0 Å². The molecule has 88 valence electrons. The molecule has 0 saturated carbocycles. The smallest absolute Gasteiger partial charge is 0.133 e. The van der Waals surface area contributed by atoms with E-state index in [1.807, 2.05) is 12.1 Å². The number of furan rings is 1. The van der Waals surface area contributed by atoms with Gasteiger partial charge in [0, 0.05) is 37.4 Å². The van der Waals surface area contributed by atoms with Gasteiger partial charge in [0.1, 0.15) is 5.76 Å². The fourth-order valence-corrected chi connectivity index (χ4v) is 2.22. The van der Waals surface area contributed by atoms with Crippen molar-refractivity contribution in [2.75, 3.05) is 31.1 Å². The van der Waals surface area contributed by atoms with Gasteiger partial charge in [-0.3, -0.25) is 0 Å². The van der Waals surface area contributed by atoms with Gasteiger partial charge in [-0.2, -0.15) is 0 Å². The highest BCUT2D eigenvalue weighted by Gasteiger charge is 2.11. The highest BCUT2D eigenvalue weighted by atomic mass is 16.3. The zero-order chi connectivity index (χ0) is 11.5. The normalized spacial score (nSPS) is 16.1. The number of piperazine rings is 1. The average Bonchev–Trinajstić information content (AvgIpc) is 2.94. The van der Waals surface area contributed by atoms with Gasteiger partial charge in [0.15, 0.2) is 0 Å². The minimum atomic E-state index is 0.932. The molecule has 3 rings (SSSR count). The molecule has 0 spiro atoms. The predicted molar refractivity (Wildman–Crippen MR) is 69.2 cm³/mol. The van der Waals surface area contributed by atoms with Crippen LogP contribution in [0.2, 0.25) is 0 Å². The van der Waals surface area contributed by atoms with E-state index in [0.29, 0.717) is 0 Å². The lowest BCUT2D eigenvalue weighted by Crippen LogP contribution is -2.43. The molecule has 2 heterocycles. The molecule has 2 aromatic rings. The maximum atomic E-state index is 5.43. The van der Waals surface area contributed by atoms with Crippen LogP contribution in [0.5, 0.6) is 0 Å². The van der Waals surface area contributed by atoms with Crippen molar-refractivity contribution in [1.82, 2.24) is 5.32 Å². The lowest BCUT2D eigenvalue weighted by Gasteiger charge is -2.29. The number of benzene rings is 1. The van der Waals surface area contributed by atoms with Crippen LogP contribution in [0.1, 0.15) is 0 Å². The largest absolute Gasteiger partial charge is 0.464 e. The summed E-state index contributed by atoms with van der Waals surface area (Å²) in [7, 11) is 0. The Hall–Kier alpha value is -1.74. The van der Waals surface area contributed by atoms with Crippen LogP contribution in [0.3, 0.4) is 0 Å². The highest BCUT2D eigenvalue weighted by molar-refractivity contribution is 5.64. The Morgan fingerprint density at radius 3 is 2.71 bits per heavy atom. The summed E-state index contributed by atoms with van der Waals surface area (Å²) in [6, 6.07) is 12.5. The summed E-state index contributed by atoms with van der Waals surface area (Å²) < 4.78 is 5.43. The Bertz CT molecular complexity index is 473. The number of hydrogen-bond donors (Lipinski definition) is 1. The van der Waals surface area contributed by atoms with Gasteiger partial charge in [0.05, 0.1) is 6.26 Å². The fourth-order valence-electron chi connectivity index (χ4n) is 2.22. The van der Waals surface area contributed by atoms with Gasteiger partial charge >= 0.3 is 0 Å². The zero-order valence-corrected chi connectivity index (χ0v) is 9.73. The second-order valence-electron chi connectivity index (χ2n) is 4.26. The summed E-state index contributed by atoms with van der Waals surface area (Å²) in [5.74, 6) is 0.932. The average molecular weight is 228 g/mol. The number of anilines is 1. The fraction of sp³-hybridized carbons (Fsp3) is 0.286. The monoisotopic (exact) mass is 228 g/mol. The van der Waals surface area contributed by atoms with Crippen LogP contribution < -0.4 is 10.2 Å². The summed E-state index contributed by atoms with van der Waals surface area (Å²) >= 11 is 0. The standard InChI is InChI=1S/C14H16N2O/c1-3-12(14-5-2-10-17-14)11-13(4-1)16-8-6-15-7-9-16/h1-5,10-11,15H,6-9H2. The number of nitrogens with zero attached hydrogens (tertiary/aromatic N) is 1. The SMILES string of the molecule is c1cc(-c2ccco2)cc(N2CCNCC2)c1. The maximum absolute atomic E-state index is 5.43. The first-order chi connectivity index (χ1) is 8.43. The molecule has 0 atom stereocenters. The molecule has 3 heteroatoms. The number of rotatable bonds is 2. The van der Waals surface area contributed by atoms with E-state index < -0.39 is 0 Å². The predicted octanol–water partition coefficient (Wildman–Crippen LogP) is 2.36. The number of nitrogens with one attached hydrogen (secondary N) is 1. The lowest BCUT2D eigenvalue weighted by molar-refractivity contribution is 0.581.